The second-order valence-electron chi connectivity index (χ2n) is 5.19. The Labute approximate surface area is 107 Å². The summed E-state index contributed by atoms with van der Waals surface area (Å²) < 4.78 is 0. The maximum Gasteiger partial charge on any atom is 0.227 e. The Hall–Kier alpha value is -1.83. The summed E-state index contributed by atoms with van der Waals surface area (Å²) >= 11 is 0. The zero-order chi connectivity index (χ0) is 12.5. The lowest BCUT2D eigenvalue weighted by atomic mass is 9.74. The van der Waals surface area contributed by atoms with Crippen LogP contribution in [0.5, 0.6) is 0 Å². The van der Waals surface area contributed by atoms with Crippen molar-refractivity contribution in [2.75, 3.05) is 0 Å². The monoisotopic (exact) mass is 239 g/mol. The number of hydrogen-bond donors (Lipinski definition) is 1. The molecule has 1 amide bonds. The predicted octanol–water partition coefficient (Wildman–Crippen LogP) is 2.48. The lowest BCUT2D eigenvalue weighted by molar-refractivity contribution is -0.127. The van der Waals surface area contributed by atoms with Crippen molar-refractivity contribution in [2.24, 2.45) is 11.8 Å². The van der Waals surface area contributed by atoms with Gasteiger partial charge >= 0.3 is 0 Å². The van der Waals surface area contributed by atoms with Crippen molar-refractivity contribution in [2.45, 2.75) is 18.9 Å². The molecule has 0 spiro atoms. The van der Waals surface area contributed by atoms with Crippen molar-refractivity contribution in [1.29, 1.82) is 0 Å². The van der Waals surface area contributed by atoms with Crippen LogP contribution in [0.1, 0.15) is 12.0 Å². The summed E-state index contributed by atoms with van der Waals surface area (Å²) in [6, 6.07) is 10.5. The molecule has 0 saturated carbocycles. The van der Waals surface area contributed by atoms with Crippen LogP contribution < -0.4 is 5.32 Å². The van der Waals surface area contributed by atoms with Crippen molar-refractivity contribution < 1.29 is 4.79 Å². The highest BCUT2D eigenvalue weighted by molar-refractivity contribution is 5.82. The number of amides is 1. The smallest absolute Gasteiger partial charge is 0.227 e. The zero-order valence-corrected chi connectivity index (χ0v) is 10.3. The van der Waals surface area contributed by atoms with Gasteiger partial charge < -0.3 is 5.32 Å². The van der Waals surface area contributed by atoms with Gasteiger partial charge in [0.1, 0.15) is 0 Å². The van der Waals surface area contributed by atoms with E-state index < -0.39 is 0 Å². The van der Waals surface area contributed by atoms with Gasteiger partial charge in [-0.2, -0.15) is 0 Å². The molecule has 18 heavy (non-hydrogen) atoms. The van der Waals surface area contributed by atoms with Crippen LogP contribution in [0.2, 0.25) is 0 Å². The quantitative estimate of drug-likeness (QED) is 0.844. The Balaban J connectivity index is 1.82. The molecular weight excluding hydrogens is 222 g/mol. The van der Waals surface area contributed by atoms with Crippen LogP contribution in [-0.2, 0) is 11.2 Å². The number of carbonyl (C=O) groups excluding carboxylic acids is 1. The molecule has 1 aromatic carbocycles. The molecule has 92 valence electrons. The van der Waals surface area contributed by atoms with Crippen LogP contribution in [0.25, 0.3) is 0 Å². The molecule has 3 rings (SSSR count). The molecule has 2 heteroatoms. The second-order valence-corrected chi connectivity index (χ2v) is 5.19. The van der Waals surface area contributed by atoms with Gasteiger partial charge in [0, 0.05) is 12.0 Å². The molecule has 1 aliphatic carbocycles. The second kappa shape index (κ2) is 4.45. The number of carbonyl (C=O) groups is 1. The number of fused-ring (bicyclic) bond motifs is 2. The third kappa shape index (κ3) is 1.99. The Bertz CT molecular complexity index is 503. The maximum atomic E-state index is 11.9. The molecule has 1 fully saturated rings. The van der Waals surface area contributed by atoms with Gasteiger partial charge in [-0.15, -0.1) is 0 Å². The molecular formula is C16H17NO. The molecule has 3 atom stereocenters. The topological polar surface area (TPSA) is 29.1 Å². The summed E-state index contributed by atoms with van der Waals surface area (Å²) in [6.45, 7) is 4.11. The number of allylic oxidation sites excluding steroid dienone is 1. The number of benzene rings is 1. The van der Waals surface area contributed by atoms with E-state index in [4.69, 9.17) is 0 Å². The van der Waals surface area contributed by atoms with Crippen LogP contribution in [0.3, 0.4) is 0 Å². The summed E-state index contributed by atoms with van der Waals surface area (Å²) in [4.78, 5) is 11.9. The van der Waals surface area contributed by atoms with Gasteiger partial charge in [-0.3, -0.25) is 4.79 Å². The van der Waals surface area contributed by atoms with E-state index in [1.54, 1.807) is 0 Å². The summed E-state index contributed by atoms with van der Waals surface area (Å²) in [6.07, 6.45) is 5.80. The molecule has 0 radical (unpaired) electrons. The number of hydrogen-bond acceptors (Lipinski definition) is 1. The number of piperidine rings is 1. The molecule has 2 aliphatic rings. The fraction of sp³-hybridized carbons (Fsp3) is 0.312. The van der Waals surface area contributed by atoms with E-state index in [9.17, 15) is 4.79 Å². The van der Waals surface area contributed by atoms with Gasteiger partial charge in [-0.25, -0.2) is 0 Å². The van der Waals surface area contributed by atoms with E-state index in [2.05, 4.69) is 24.0 Å². The van der Waals surface area contributed by atoms with Gasteiger partial charge in [0.2, 0.25) is 5.91 Å². The molecule has 0 aromatic heterocycles. The standard InChI is InChI=1S/C16H17NO/c1-11-7-8-13-10-14(11)15(17-16(13)18)9-12-5-3-2-4-6-12/h2-8,13-15H,1,9-10H2,(H,17,18). The minimum atomic E-state index is 0.0486. The number of nitrogens with one attached hydrogen (secondary N) is 1. The third-order valence-electron chi connectivity index (χ3n) is 3.98. The van der Waals surface area contributed by atoms with Gasteiger partial charge in [0.25, 0.3) is 0 Å². The van der Waals surface area contributed by atoms with Crippen LogP contribution in [0.4, 0.5) is 0 Å². The highest BCUT2D eigenvalue weighted by Crippen LogP contribution is 2.34. The third-order valence-corrected chi connectivity index (χ3v) is 3.98. The zero-order valence-electron chi connectivity index (χ0n) is 10.3. The minimum absolute atomic E-state index is 0.0486. The fourth-order valence-electron chi connectivity index (χ4n) is 2.94. The fourth-order valence-corrected chi connectivity index (χ4v) is 2.94. The lowest BCUT2D eigenvalue weighted by Crippen LogP contribution is -2.51. The van der Waals surface area contributed by atoms with Crippen molar-refractivity contribution in [1.82, 2.24) is 5.32 Å². The van der Waals surface area contributed by atoms with Gasteiger partial charge in [0.15, 0.2) is 0 Å². The van der Waals surface area contributed by atoms with E-state index in [-0.39, 0.29) is 17.9 Å². The molecule has 3 unspecified atom stereocenters. The van der Waals surface area contributed by atoms with Gasteiger partial charge in [-0.1, -0.05) is 54.6 Å². The van der Waals surface area contributed by atoms with Crippen LogP contribution in [0, 0.1) is 11.8 Å². The normalized spacial score (nSPS) is 30.1. The highest BCUT2D eigenvalue weighted by Gasteiger charge is 2.37. The molecule has 1 aliphatic heterocycles. The SMILES string of the molecule is C=C1C=CC2CC1C(Cc1ccccc1)NC2=O. The van der Waals surface area contributed by atoms with E-state index in [1.807, 2.05) is 30.4 Å². The van der Waals surface area contributed by atoms with Crippen molar-refractivity contribution in [3.8, 4) is 0 Å². The summed E-state index contributed by atoms with van der Waals surface area (Å²) in [5.74, 6) is 0.598. The molecule has 1 aromatic rings. The average molecular weight is 239 g/mol. The highest BCUT2D eigenvalue weighted by atomic mass is 16.2. The molecule has 1 heterocycles. The average Bonchev–Trinajstić information content (AvgIpc) is 2.39. The van der Waals surface area contributed by atoms with Gasteiger partial charge in [-0.05, 0) is 18.4 Å². The van der Waals surface area contributed by atoms with Crippen molar-refractivity contribution in [3.05, 3.63) is 60.2 Å². The first-order chi connectivity index (χ1) is 8.74. The molecule has 2 nitrogen and oxygen atoms in total. The first-order valence-corrected chi connectivity index (χ1v) is 6.45. The van der Waals surface area contributed by atoms with Crippen LogP contribution >= 0.6 is 0 Å². The Morgan fingerprint density at radius 3 is 2.83 bits per heavy atom. The minimum Gasteiger partial charge on any atom is -0.352 e. The van der Waals surface area contributed by atoms with Crippen molar-refractivity contribution >= 4 is 5.91 Å². The molecule has 1 saturated heterocycles. The number of rotatable bonds is 2. The summed E-state index contributed by atoms with van der Waals surface area (Å²) in [7, 11) is 0. The summed E-state index contributed by atoms with van der Waals surface area (Å²) in [5, 5.41) is 3.15. The Morgan fingerprint density at radius 2 is 2.06 bits per heavy atom. The van der Waals surface area contributed by atoms with Crippen LogP contribution in [0.15, 0.2) is 54.6 Å². The first kappa shape index (κ1) is 11.3. The van der Waals surface area contributed by atoms with Gasteiger partial charge in [0.05, 0.1) is 5.92 Å². The van der Waals surface area contributed by atoms with Crippen molar-refractivity contribution in [3.63, 3.8) is 0 Å². The summed E-state index contributed by atoms with van der Waals surface area (Å²) in [5.41, 5.74) is 2.41. The molecule has 1 N–H and O–H groups in total. The first-order valence-electron chi connectivity index (χ1n) is 6.45. The Kier molecular flexibility index (Phi) is 2.78. The lowest BCUT2D eigenvalue weighted by Gasteiger charge is -2.38. The Morgan fingerprint density at radius 1 is 1.28 bits per heavy atom. The largest absolute Gasteiger partial charge is 0.352 e. The van der Waals surface area contributed by atoms with E-state index in [1.165, 1.54) is 5.56 Å². The predicted molar refractivity (Wildman–Crippen MR) is 72.0 cm³/mol. The molecule has 2 bridgehead atoms. The van der Waals surface area contributed by atoms with Crippen LogP contribution in [-0.4, -0.2) is 11.9 Å². The maximum absolute atomic E-state index is 11.9. The van der Waals surface area contributed by atoms with E-state index >= 15 is 0 Å². The van der Waals surface area contributed by atoms with E-state index in [0.29, 0.717) is 5.92 Å². The van der Waals surface area contributed by atoms with E-state index in [0.717, 1.165) is 18.4 Å².